The molecule has 0 atom stereocenters. The van der Waals surface area contributed by atoms with Gasteiger partial charge >= 0.3 is 0 Å². The van der Waals surface area contributed by atoms with Crippen molar-refractivity contribution in [1.29, 1.82) is 0 Å². The summed E-state index contributed by atoms with van der Waals surface area (Å²) in [6.45, 7) is 5.38. The summed E-state index contributed by atoms with van der Waals surface area (Å²) in [7, 11) is 6.03. The first-order valence-corrected chi connectivity index (χ1v) is 9.96. The van der Waals surface area contributed by atoms with Gasteiger partial charge in [0.2, 0.25) is 5.95 Å². The van der Waals surface area contributed by atoms with E-state index in [2.05, 4.69) is 44.3 Å². The second-order valence-electron chi connectivity index (χ2n) is 7.92. The number of nitrogens with one attached hydrogen (secondary N) is 2. The molecule has 0 spiro atoms. The largest absolute Gasteiger partial charge is 0.349 e. The maximum atomic E-state index is 12.7. The van der Waals surface area contributed by atoms with Gasteiger partial charge < -0.3 is 20.1 Å². The van der Waals surface area contributed by atoms with E-state index < -0.39 is 0 Å². The normalized spacial score (nSPS) is 15.6. The Kier molecular flexibility index (Phi) is 5.51. The van der Waals surface area contributed by atoms with E-state index >= 15 is 0 Å². The maximum Gasteiger partial charge on any atom is 0.255 e. The van der Waals surface area contributed by atoms with Crippen LogP contribution in [0.4, 0.5) is 11.6 Å². The average Bonchev–Trinajstić information content (AvgIpc) is 3.15. The van der Waals surface area contributed by atoms with Crippen molar-refractivity contribution >= 4 is 28.6 Å². The number of piperazine rings is 1. The Balaban J connectivity index is 1.39. The lowest BCUT2D eigenvalue weighted by Crippen LogP contribution is -2.43. The highest BCUT2D eigenvalue weighted by atomic mass is 16.1. The molecule has 1 saturated heterocycles. The lowest BCUT2D eigenvalue weighted by Gasteiger charge is -2.32. The Bertz CT molecular complexity index is 986. The summed E-state index contributed by atoms with van der Waals surface area (Å²) in [5.41, 5.74) is 4.37. The van der Waals surface area contributed by atoms with Crippen LogP contribution < -0.4 is 10.2 Å². The number of H-pyrrole nitrogens is 1. The first kappa shape index (κ1) is 19.4. The Morgan fingerprint density at radius 1 is 1.10 bits per heavy atom. The molecule has 0 bridgehead atoms. The lowest BCUT2D eigenvalue weighted by atomic mass is 10.1. The van der Waals surface area contributed by atoms with Gasteiger partial charge in [0.15, 0.2) is 0 Å². The second-order valence-corrected chi connectivity index (χ2v) is 7.92. The highest BCUT2D eigenvalue weighted by Crippen LogP contribution is 2.19. The number of fused-ring (bicyclic) bond motifs is 1. The summed E-state index contributed by atoms with van der Waals surface area (Å²) < 4.78 is 0. The van der Waals surface area contributed by atoms with E-state index in [1.807, 2.05) is 43.3 Å². The van der Waals surface area contributed by atoms with Crippen LogP contribution in [-0.4, -0.2) is 73.0 Å². The summed E-state index contributed by atoms with van der Waals surface area (Å²) >= 11 is 0. The van der Waals surface area contributed by atoms with E-state index in [0.29, 0.717) is 5.56 Å². The highest BCUT2D eigenvalue weighted by molar-refractivity contribution is 6.06. The molecule has 1 fully saturated rings. The maximum absolute atomic E-state index is 12.7. The molecule has 0 unspecified atom stereocenters. The van der Waals surface area contributed by atoms with Crippen LogP contribution in [0.5, 0.6) is 0 Å². The fourth-order valence-electron chi connectivity index (χ4n) is 3.51. The summed E-state index contributed by atoms with van der Waals surface area (Å²) in [5, 5.41) is 2.99. The topological polar surface area (TPSA) is 67.5 Å². The summed E-state index contributed by atoms with van der Waals surface area (Å²) in [6.07, 6.45) is 0. The van der Waals surface area contributed by atoms with Crippen LogP contribution in [-0.2, 0) is 6.54 Å². The number of carbonyl (C=O) groups excluding carboxylic acids is 1. The number of carbonyl (C=O) groups is 1. The van der Waals surface area contributed by atoms with Crippen LogP contribution in [0.2, 0.25) is 0 Å². The molecule has 1 aliphatic rings. The third-order valence-electron chi connectivity index (χ3n) is 5.37. The molecule has 2 heterocycles. The number of benzene rings is 2. The van der Waals surface area contributed by atoms with Gasteiger partial charge in [-0.1, -0.05) is 12.1 Å². The molecule has 29 heavy (non-hydrogen) atoms. The van der Waals surface area contributed by atoms with Crippen molar-refractivity contribution in [2.75, 3.05) is 57.5 Å². The van der Waals surface area contributed by atoms with Crippen molar-refractivity contribution in [1.82, 2.24) is 19.8 Å². The number of rotatable bonds is 5. The molecule has 152 valence electrons. The number of nitrogens with zero attached hydrogens (tertiary/aromatic N) is 4. The van der Waals surface area contributed by atoms with E-state index in [1.165, 1.54) is 5.56 Å². The average molecular weight is 393 g/mol. The number of hydrogen-bond donors (Lipinski definition) is 2. The molecular weight excluding hydrogens is 364 g/mol. The first-order valence-electron chi connectivity index (χ1n) is 9.96. The molecule has 1 amide bonds. The number of aromatic nitrogens is 2. The van der Waals surface area contributed by atoms with Crippen molar-refractivity contribution in [2.45, 2.75) is 6.54 Å². The molecule has 0 radical (unpaired) electrons. The van der Waals surface area contributed by atoms with Gasteiger partial charge in [-0.25, -0.2) is 4.98 Å². The minimum atomic E-state index is -0.125. The molecule has 2 N–H and O–H groups in total. The number of imidazole rings is 1. The van der Waals surface area contributed by atoms with Gasteiger partial charge in [-0.15, -0.1) is 0 Å². The van der Waals surface area contributed by atoms with Crippen molar-refractivity contribution in [3.8, 4) is 0 Å². The van der Waals surface area contributed by atoms with Crippen LogP contribution in [0.25, 0.3) is 11.0 Å². The SMILES string of the molecule is CN1CCN(Cc2ccc(NC(=O)c3ccc4nc(N(C)C)[nH]c4c3)cc2)CC1. The lowest BCUT2D eigenvalue weighted by molar-refractivity contribution is 0.102. The number of anilines is 2. The number of amides is 1. The zero-order chi connectivity index (χ0) is 20.4. The standard InChI is InChI=1S/C22H28N6O/c1-26(2)22-24-19-9-6-17(14-20(19)25-22)21(29)23-18-7-4-16(5-8-18)15-28-12-10-27(3)11-13-28/h4-9,14H,10-13,15H2,1-3H3,(H,23,29)(H,24,25). The quantitative estimate of drug-likeness (QED) is 0.699. The Morgan fingerprint density at radius 2 is 1.83 bits per heavy atom. The number of likely N-dealkylation sites (N-methyl/N-ethyl adjacent to an activating group) is 1. The molecule has 7 heteroatoms. The Labute approximate surface area is 171 Å². The number of aromatic amines is 1. The fourth-order valence-corrected chi connectivity index (χ4v) is 3.51. The second kappa shape index (κ2) is 8.23. The molecule has 1 aliphatic heterocycles. The fraction of sp³-hybridized carbons (Fsp3) is 0.364. The molecule has 1 aromatic heterocycles. The van der Waals surface area contributed by atoms with E-state index in [9.17, 15) is 4.79 Å². The molecule has 4 rings (SSSR count). The number of hydrogen-bond acceptors (Lipinski definition) is 5. The zero-order valence-electron chi connectivity index (χ0n) is 17.3. The van der Waals surface area contributed by atoms with Crippen molar-refractivity contribution in [3.05, 3.63) is 53.6 Å². The predicted molar refractivity (Wildman–Crippen MR) is 118 cm³/mol. The van der Waals surface area contributed by atoms with Gasteiger partial charge in [-0.05, 0) is 42.9 Å². The molecule has 0 saturated carbocycles. The molecule has 7 nitrogen and oxygen atoms in total. The zero-order valence-corrected chi connectivity index (χ0v) is 17.3. The Hall–Kier alpha value is -2.90. The van der Waals surface area contributed by atoms with Crippen LogP contribution >= 0.6 is 0 Å². The van der Waals surface area contributed by atoms with Gasteiger partial charge in [0.05, 0.1) is 11.0 Å². The van der Waals surface area contributed by atoms with E-state index in [1.54, 1.807) is 6.07 Å². The van der Waals surface area contributed by atoms with Crippen molar-refractivity contribution in [3.63, 3.8) is 0 Å². The van der Waals surface area contributed by atoms with E-state index in [-0.39, 0.29) is 5.91 Å². The summed E-state index contributed by atoms with van der Waals surface area (Å²) in [4.78, 5) is 27.1. The molecule has 0 aliphatic carbocycles. The van der Waals surface area contributed by atoms with Gasteiger partial charge in [-0.2, -0.15) is 0 Å². The molecule has 2 aromatic carbocycles. The van der Waals surface area contributed by atoms with E-state index in [0.717, 1.165) is 55.4 Å². The molecular formula is C22H28N6O. The van der Waals surface area contributed by atoms with Crippen molar-refractivity contribution in [2.24, 2.45) is 0 Å². The smallest absolute Gasteiger partial charge is 0.255 e. The Morgan fingerprint density at radius 3 is 2.52 bits per heavy atom. The van der Waals surface area contributed by atoms with Gasteiger partial charge in [0.25, 0.3) is 5.91 Å². The van der Waals surface area contributed by atoms with Crippen LogP contribution in [0.1, 0.15) is 15.9 Å². The third-order valence-corrected chi connectivity index (χ3v) is 5.37. The van der Waals surface area contributed by atoms with Crippen LogP contribution in [0.3, 0.4) is 0 Å². The first-order chi connectivity index (χ1) is 14.0. The van der Waals surface area contributed by atoms with Gasteiger partial charge in [-0.3, -0.25) is 9.69 Å². The van der Waals surface area contributed by atoms with Crippen LogP contribution in [0.15, 0.2) is 42.5 Å². The third kappa shape index (κ3) is 4.58. The summed E-state index contributed by atoms with van der Waals surface area (Å²) in [5.74, 6) is 0.646. The predicted octanol–water partition coefficient (Wildman–Crippen LogP) is 2.63. The highest BCUT2D eigenvalue weighted by Gasteiger charge is 2.14. The molecule has 3 aromatic rings. The van der Waals surface area contributed by atoms with Gasteiger partial charge in [0, 0.05) is 58.1 Å². The minimum absolute atomic E-state index is 0.125. The van der Waals surface area contributed by atoms with E-state index in [4.69, 9.17) is 0 Å². The van der Waals surface area contributed by atoms with Gasteiger partial charge in [0.1, 0.15) is 0 Å². The summed E-state index contributed by atoms with van der Waals surface area (Å²) in [6, 6.07) is 13.6. The minimum Gasteiger partial charge on any atom is -0.349 e. The van der Waals surface area contributed by atoms with Crippen LogP contribution in [0, 0.1) is 0 Å². The monoisotopic (exact) mass is 392 g/mol. The van der Waals surface area contributed by atoms with Crippen molar-refractivity contribution < 1.29 is 4.79 Å².